The van der Waals surface area contributed by atoms with Gasteiger partial charge in [-0.1, -0.05) is 31.2 Å². The van der Waals surface area contributed by atoms with Crippen LogP contribution in [0.2, 0.25) is 0 Å². The molecule has 5 nitrogen and oxygen atoms in total. The Morgan fingerprint density at radius 2 is 2.03 bits per heavy atom. The zero-order valence-electron chi connectivity index (χ0n) is 21.5. The van der Waals surface area contributed by atoms with Gasteiger partial charge in [0.25, 0.3) is 0 Å². The van der Waals surface area contributed by atoms with Crippen LogP contribution in [0, 0.1) is 17.3 Å². The molecule has 190 valence electrons. The first-order valence-electron chi connectivity index (χ1n) is 14.6. The fourth-order valence-electron chi connectivity index (χ4n) is 10.8. The first kappa shape index (κ1) is 20.9. The average Bonchev–Trinajstić information content (AvgIpc) is 3.79. The van der Waals surface area contributed by atoms with E-state index in [0.717, 1.165) is 44.7 Å². The van der Waals surface area contributed by atoms with Crippen LogP contribution in [0.3, 0.4) is 0 Å². The van der Waals surface area contributed by atoms with E-state index in [4.69, 9.17) is 15.2 Å². The number of hydrogen-bond acceptors (Lipinski definition) is 5. The van der Waals surface area contributed by atoms with Crippen LogP contribution in [-0.4, -0.2) is 58.5 Å². The number of allylic oxidation sites excluding steroid dienone is 1. The number of nitrogens with two attached hydrogens (primary N) is 1. The van der Waals surface area contributed by atoms with E-state index < -0.39 is 0 Å². The topological polar surface area (TPSA) is 63.9 Å². The largest absolute Gasteiger partial charge is 0.363 e. The third-order valence-electron chi connectivity index (χ3n) is 12.6. The van der Waals surface area contributed by atoms with Crippen LogP contribution in [0.15, 0.2) is 60.0 Å². The minimum Gasteiger partial charge on any atom is -0.363 e. The SMILES string of the molecule is C[C@]12CC=C3C=C4[C@H]5O[C@H]5[C@@H](N5CC(N)C5)C[C@]45CCC3(O5)[C@@H]1C[C@H]1C[C@]12c1ccc2ccncc2c1. The van der Waals surface area contributed by atoms with Crippen molar-refractivity contribution in [3.8, 4) is 0 Å². The van der Waals surface area contributed by atoms with E-state index in [-0.39, 0.29) is 28.1 Å². The first-order valence-corrected chi connectivity index (χ1v) is 14.6. The van der Waals surface area contributed by atoms with Gasteiger partial charge in [0.05, 0.1) is 11.2 Å². The third-order valence-corrected chi connectivity index (χ3v) is 12.6. The van der Waals surface area contributed by atoms with Crippen LogP contribution in [0.25, 0.3) is 10.8 Å². The van der Waals surface area contributed by atoms with E-state index in [2.05, 4.69) is 53.2 Å². The lowest BCUT2D eigenvalue weighted by Gasteiger charge is -2.56. The fraction of sp³-hybridized carbons (Fsp3) is 0.594. The van der Waals surface area contributed by atoms with Gasteiger partial charge < -0.3 is 15.2 Å². The van der Waals surface area contributed by atoms with Gasteiger partial charge in [-0.05, 0) is 90.0 Å². The highest BCUT2D eigenvalue weighted by Crippen LogP contribution is 2.81. The zero-order valence-corrected chi connectivity index (χ0v) is 21.5. The summed E-state index contributed by atoms with van der Waals surface area (Å²) in [5.41, 5.74) is 10.9. The molecule has 1 aromatic carbocycles. The van der Waals surface area contributed by atoms with E-state index in [0.29, 0.717) is 24.1 Å². The second-order valence-electron chi connectivity index (χ2n) is 14.0. The highest BCUT2D eigenvalue weighted by molar-refractivity contribution is 5.82. The fourth-order valence-corrected chi connectivity index (χ4v) is 10.8. The summed E-state index contributed by atoms with van der Waals surface area (Å²) in [6, 6.07) is 10.1. The van der Waals surface area contributed by atoms with Crippen molar-refractivity contribution in [3.63, 3.8) is 0 Å². The molecular weight excluding hydrogens is 458 g/mol. The van der Waals surface area contributed by atoms with Gasteiger partial charge in [-0.25, -0.2) is 0 Å². The van der Waals surface area contributed by atoms with E-state index in [9.17, 15) is 0 Å². The molecule has 4 aliphatic carbocycles. The van der Waals surface area contributed by atoms with Crippen molar-refractivity contribution in [2.45, 2.75) is 86.4 Å². The number of nitrogens with zero attached hydrogens (tertiary/aromatic N) is 2. The number of epoxide rings is 1. The number of likely N-dealkylation sites (tertiary alicyclic amines) is 1. The number of aromatic nitrogens is 1. The lowest BCUT2D eigenvalue weighted by atomic mass is 9.55. The number of hydrogen-bond donors (Lipinski definition) is 1. The van der Waals surface area contributed by atoms with Gasteiger partial charge in [0.2, 0.25) is 0 Å². The van der Waals surface area contributed by atoms with Crippen LogP contribution in [0.4, 0.5) is 0 Å². The van der Waals surface area contributed by atoms with E-state index in [1.165, 1.54) is 40.3 Å². The van der Waals surface area contributed by atoms with Gasteiger partial charge in [0.1, 0.15) is 12.2 Å². The number of fused-ring (bicyclic) bond motifs is 6. The number of benzene rings is 1. The van der Waals surface area contributed by atoms with Gasteiger partial charge >= 0.3 is 0 Å². The standard InChI is InChI=1S/C32H35N3O2/c1-29-6-4-21-11-24-27-28(36-27)25(35-16-23(33)17-35)14-30(24)7-8-32(21,37-30)26(29)12-22-13-31(22,29)20-3-2-18-5-9-34-15-19(18)10-20/h2-5,9-11,15,22-23,25-28H,6-8,12-14,16-17,33H2,1H3/t22-,25-,26+,27+,28-,29-,30+,31-,32?/m0/s1. The van der Waals surface area contributed by atoms with Gasteiger partial charge in [-0.3, -0.25) is 9.88 Å². The number of pyridine rings is 1. The van der Waals surface area contributed by atoms with Crippen molar-refractivity contribution >= 4 is 10.8 Å². The molecular formula is C32H35N3O2. The van der Waals surface area contributed by atoms with Crippen LogP contribution in [0.1, 0.15) is 51.0 Å². The smallest absolute Gasteiger partial charge is 0.110 e. The molecule has 0 amide bonds. The lowest BCUT2D eigenvalue weighted by molar-refractivity contribution is -0.145. The maximum Gasteiger partial charge on any atom is 0.110 e. The molecule has 3 saturated heterocycles. The summed E-state index contributed by atoms with van der Waals surface area (Å²) in [7, 11) is 0. The second-order valence-corrected chi connectivity index (χ2v) is 14.0. The maximum absolute atomic E-state index is 7.57. The average molecular weight is 494 g/mol. The molecule has 4 aliphatic heterocycles. The van der Waals surface area contributed by atoms with Crippen molar-refractivity contribution in [2.75, 3.05) is 13.1 Å². The highest BCUT2D eigenvalue weighted by Gasteiger charge is 2.79. The Bertz CT molecular complexity index is 1460. The Morgan fingerprint density at radius 1 is 1.11 bits per heavy atom. The molecule has 2 aromatic rings. The summed E-state index contributed by atoms with van der Waals surface area (Å²) < 4.78 is 13.9. The molecule has 8 aliphatic rings. The molecule has 1 aromatic heterocycles. The molecule has 5 heteroatoms. The third kappa shape index (κ3) is 2.26. The molecule has 37 heavy (non-hydrogen) atoms. The Hall–Kier alpha value is -2.05. The van der Waals surface area contributed by atoms with Gasteiger partial charge in [-0.2, -0.15) is 0 Å². The molecule has 2 N–H and O–H groups in total. The Balaban J connectivity index is 1.06. The van der Waals surface area contributed by atoms with E-state index in [1.54, 1.807) is 0 Å². The number of ether oxygens (including phenoxy) is 2. The number of rotatable bonds is 2. The van der Waals surface area contributed by atoms with Crippen LogP contribution < -0.4 is 5.73 Å². The predicted octanol–water partition coefficient (Wildman–Crippen LogP) is 4.26. The summed E-state index contributed by atoms with van der Waals surface area (Å²) in [5, 5.41) is 2.56. The predicted molar refractivity (Wildman–Crippen MR) is 141 cm³/mol. The zero-order chi connectivity index (χ0) is 24.4. The van der Waals surface area contributed by atoms with Crippen molar-refractivity contribution < 1.29 is 9.47 Å². The van der Waals surface area contributed by atoms with Crippen molar-refractivity contribution in [2.24, 2.45) is 23.0 Å². The van der Waals surface area contributed by atoms with Gasteiger partial charge in [0, 0.05) is 48.4 Å². The van der Waals surface area contributed by atoms with Crippen molar-refractivity contribution in [3.05, 3.63) is 65.5 Å². The summed E-state index contributed by atoms with van der Waals surface area (Å²) in [6.45, 7) is 4.63. The molecule has 2 bridgehead atoms. The minimum absolute atomic E-state index is 0.118. The molecule has 0 radical (unpaired) electrons. The van der Waals surface area contributed by atoms with Crippen molar-refractivity contribution in [1.82, 2.24) is 9.88 Å². The molecule has 3 saturated carbocycles. The van der Waals surface area contributed by atoms with Gasteiger partial charge in [-0.15, -0.1) is 0 Å². The molecule has 9 atom stereocenters. The molecule has 5 heterocycles. The quantitative estimate of drug-likeness (QED) is 0.634. The van der Waals surface area contributed by atoms with Crippen LogP contribution in [0.5, 0.6) is 0 Å². The van der Waals surface area contributed by atoms with Gasteiger partial charge in [0.15, 0.2) is 0 Å². The molecule has 2 spiro atoms. The summed E-state index contributed by atoms with van der Waals surface area (Å²) >= 11 is 0. The summed E-state index contributed by atoms with van der Waals surface area (Å²) in [4.78, 5) is 6.99. The molecule has 10 rings (SSSR count). The van der Waals surface area contributed by atoms with E-state index in [1.807, 2.05) is 12.4 Å². The maximum atomic E-state index is 7.57. The first-order chi connectivity index (χ1) is 18.0. The Kier molecular flexibility index (Phi) is 3.51. The molecule has 6 fully saturated rings. The minimum atomic E-state index is -0.133. The van der Waals surface area contributed by atoms with Crippen LogP contribution in [-0.2, 0) is 14.9 Å². The van der Waals surface area contributed by atoms with Crippen molar-refractivity contribution in [1.29, 1.82) is 0 Å². The normalized spacial score (nSPS) is 50.7. The summed E-state index contributed by atoms with van der Waals surface area (Å²) in [5.74, 6) is 1.34. The molecule has 1 unspecified atom stereocenters. The monoisotopic (exact) mass is 493 g/mol. The van der Waals surface area contributed by atoms with E-state index >= 15 is 0 Å². The lowest BCUT2D eigenvalue weighted by Crippen LogP contribution is -2.64. The Labute approximate surface area is 218 Å². The highest BCUT2D eigenvalue weighted by atomic mass is 16.6. The second kappa shape index (κ2) is 6.22. The summed E-state index contributed by atoms with van der Waals surface area (Å²) in [6.07, 6.45) is 16.9. The Morgan fingerprint density at radius 3 is 2.92 bits per heavy atom. The van der Waals surface area contributed by atoms with Crippen LogP contribution >= 0.6 is 0 Å².